The lowest BCUT2D eigenvalue weighted by atomic mass is 9.76. The lowest BCUT2D eigenvalue weighted by molar-refractivity contribution is -0.123. The second-order valence-electron chi connectivity index (χ2n) is 7.95. The van der Waals surface area contributed by atoms with Crippen LogP contribution in [0.4, 0.5) is 0 Å². The lowest BCUT2D eigenvalue weighted by Gasteiger charge is -2.40. The summed E-state index contributed by atoms with van der Waals surface area (Å²) in [6, 6.07) is 0. The van der Waals surface area contributed by atoms with E-state index in [2.05, 4.69) is 30.7 Å². The third-order valence-corrected chi connectivity index (χ3v) is 7.08. The van der Waals surface area contributed by atoms with Crippen molar-refractivity contribution >= 4 is 41.4 Å². The molecule has 2 aromatic heterocycles. The molecule has 2 heterocycles. The Balaban J connectivity index is 0.00000261. The first-order valence-corrected chi connectivity index (χ1v) is 10.6. The molecule has 27 heavy (non-hydrogen) atoms. The maximum absolute atomic E-state index is 12.0. The van der Waals surface area contributed by atoms with E-state index in [-0.39, 0.29) is 35.6 Å². The molecule has 0 saturated heterocycles. The first kappa shape index (κ1) is 22.2. The fourth-order valence-corrected chi connectivity index (χ4v) is 5.23. The maximum atomic E-state index is 12.0. The highest BCUT2D eigenvalue weighted by atomic mass is 35.5. The van der Waals surface area contributed by atoms with Gasteiger partial charge in [-0.15, -0.1) is 35.5 Å². The second kappa shape index (κ2) is 8.51. The van der Waals surface area contributed by atoms with Gasteiger partial charge in [-0.05, 0) is 19.3 Å². The van der Waals surface area contributed by atoms with Gasteiger partial charge in [0, 0.05) is 28.8 Å². The normalized spacial score (nSPS) is 25.8. The number of oxazole rings is 1. The predicted molar refractivity (Wildman–Crippen MR) is 112 cm³/mol. The molecule has 1 aliphatic rings. The Bertz CT molecular complexity index is 760. The molecule has 0 spiro atoms. The summed E-state index contributed by atoms with van der Waals surface area (Å²) in [4.78, 5) is 20.3. The molecule has 0 bridgehead atoms. The summed E-state index contributed by atoms with van der Waals surface area (Å²) in [7, 11) is 0. The SMILES string of the molecule is CC(C)(C)c1cnc(CSC2(N)CCC(c3nccs3)C(C(N)=O)C2)o1.Cl. The zero-order valence-electron chi connectivity index (χ0n) is 15.8. The van der Waals surface area contributed by atoms with Gasteiger partial charge >= 0.3 is 0 Å². The Morgan fingerprint density at radius 2 is 2.19 bits per heavy atom. The number of primary amides is 1. The largest absolute Gasteiger partial charge is 0.444 e. The fraction of sp³-hybridized carbons (Fsp3) is 0.611. The van der Waals surface area contributed by atoms with Gasteiger partial charge in [0.05, 0.1) is 21.8 Å². The number of carbonyl (C=O) groups excluding carboxylic acids is 1. The molecule has 3 atom stereocenters. The minimum atomic E-state index is -0.510. The van der Waals surface area contributed by atoms with E-state index < -0.39 is 4.87 Å². The topological polar surface area (TPSA) is 108 Å². The van der Waals surface area contributed by atoms with E-state index in [9.17, 15) is 4.79 Å². The van der Waals surface area contributed by atoms with Crippen LogP contribution in [0, 0.1) is 5.92 Å². The van der Waals surface area contributed by atoms with Crippen LogP contribution in [0.15, 0.2) is 22.2 Å². The molecule has 9 heteroatoms. The summed E-state index contributed by atoms with van der Waals surface area (Å²) >= 11 is 3.17. The zero-order chi connectivity index (χ0) is 18.9. The third kappa shape index (κ3) is 5.25. The summed E-state index contributed by atoms with van der Waals surface area (Å²) in [6.45, 7) is 6.27. The van der Waals surface area contributed by atoms with E-state index in [4.69, 9.17) is 15.9 Å². The Morgan fingerprint density at radius 3 is 2.74 bits per heavy atom. The molecule has 1 saturated carbocycles. The highest BCUT2D eigenvalue weighted by Crippen LogP contribution is 2.46. The van der Waals surface area contributed by atoms with Gasteiger partial charge in [0.2, 0.25) is 11.8 Å². The molecule has 1 aliphatic carbocycles. The van der Waals surface area contributed by atoms with Crippen molar-refractivity contribution in [2.75, 3.05) is 0 Å². The summed E-state index contributed by atoms with van der Waals surface area (Å²) in [5.41, 5.74) is 12.2. The Labute approximate surface area is 174 Å². The summed E-state index contributed by atoms with van der Waals surface area (Å²) in [5.74, 6) is 1.59. The van der Waals surface area contributed by atoms with Gasteiger partial charge in [-0.2, -0.15) is 0 Å². The number of thiazole rings is 1. The van der Waals surface area contributed by atoms with Crippen molar-refractivity contribution in [3.05, 3.63) is 34.4 Å². The van der Waals surface area contributed by atoms with E-state index in [0.717, 1.165) is 23.6 Å². The molecule has 0 aromatic carbocycles. The molecule has 150 valence electrons. The van der Waals surface area contributed by atoms with Gasteiger partial charge in [0.15, 0.2) is 0 Å². The van der Waals surface area contributed by atoms with Gasteiger partial charge in [-0.1, -0.05) is 20.8 Å². The molecule has 1 fully saturated rings. The van der Waals surface area contributed by atoms with Crippen LogP contribution in [0.3, 0.4) is 0 Å². The van der Waals surface area contributed by atoms with Crippen LogP contribution in [0.25, 0.3) is 0 Å². The highest BCUT2D eigenvalue weighted by Gasteiger charge is 2.43. The molecular weight excluding hydrogens is 404 g/mol. The quantitative estimate of drug-likeness (QED) is 0.698. The lowest BCUT2D eigenvalue weighted by Crippen LogP contribution is -2.47. The minimum absolute atomic E-state index is 0. The first-order valence-electron chi connectivity index (χ1n) is 8.75. The molecule has 1 amide bonds. The van der Waals surface area contributed by atoms with Crippen LogP contribution in [-0.2, 0) is 16.0 Å². The number of thioether (sulfide) groups is 1. The number of carbonyl (C=O) groups is 1. The average molecular weight is 431 g/mol. The molecule has 0 radical (unpaired) electrons. The summed E-state index contributed by atoms with van der Waals surface area (Å²) in [5, 5.41) is 2.91. The van der Waals surface area contributed by atoms with Gasteiger partial charge in [0.1, 0.15) is 5.76 Å². The fourth-order valence-electron chi connectivity index (χ4n) is 3.29. The van der Waals surface area contributed by atoms with Crippen LogP contribution in [-0.4, -0.2) is 20.7 Å². The minimum Gasteiger partial charge on any atom is -0.444 e. The van der Waals surface area contributed by atoms with Gasteiger partial charge < -0.3 is 15.9 Å². The third-order valence-electron chi connectivity index (χ3n) is 4.84. The number of aromatic nitrogens is 2. The van der Waals surface area contributed by atoms with Gasteiger partial charge in [-0.3, -0.25) is 4.79 Å². The van der Waals surface area contributed by atoms with E-state index >= 15 is 0 Å². The number of nitrogens with two attached hydrogens (primary N) is 2. The standard InChI is InChI=1S/C18H26N4O2S2.ClH/c1-17(2,3)13-9-22-14(24-13)10-26-18(20)5-4-11(12(8-18)15(19)23)16-21-6-7-25-16;/h6-7,9,11-12H,4-5,8,10,20H2,1-3H3,(H2,19,23);1H. The Kier molecular flexibility index (Phi) is 7.00. The zero-order valence-corrected chi connectivity index (χ0v) is 18.3. The predicted octanol–water partition coefficient (Wildman–Crippen LogP) is 3.81. The van der Waals surface area contributed by atoms with E-state index in [1.807, 2.05) is 5.38 Å². The van der Waals surface area contributed by atoms with Crippen molar-refractivity contribution in [2.45, 2.75) is 62.0 Å². The van der Waals surface area contributed by atoms with E-state index in [1.165, 1.54) is 0 Å². The van der Waals surface area contributed by atoms with Crippen molar-refractivity contribution in [3.63, 3.8) is 0 Å². The summed E-state index contributed by atoms with van der Waals surface area (Å²) < 4.78 is 5.85. The molecule has 3 rings (SSSR count). The highest BCUT2D eigenvalue weighted by molar-refractivity contribution is 7.99. The van der Waals surface area contributed by atoms with Crippen LogP contribution < -0.4 is 11.5 Å². The molecule has 2 aromatic rings. The average Bonchev–Trinajstić information content (AvgIpc) is 3.24. The number of rotatable bonds is 5. The molecule has 3 unspecified atom stereocenters. The number of halogens is 1. The van der Waals surface area contributed by atoms with Crippen molar-refractivity contribution in [1.82, 2.24) is 9.97 Å². The number of hydrogen-bond acceptors (Lipinski definition) is 7. The van der Waals surface area contributed by atoms with Crippen molar-refractivity contribution in [1.29, 1.82) is 0 Å². The Hall–Kier alpha value is -1.09. The molecular formula is C18H27ClN4O2S2. The van der Waals surface area contributed by atoms with Crippen LogP contribution in [0.1, 0.15) is 62.6 Å². The van der Waals surface area contributed by atoms with Crippen LogP contribution >= 0.6 is 35.5 Å². The number of nitrogens with zero attached hydrogens (tertiary/aromatic N) is 2. The van der Waals surface area contributed by atoms with Gasteiger partial charge in [0.25, 0.3) is 0 Å². The second-order valence-corrected chi connectivity index (χ2v) is 10.3. The number of amides is 1. The smallest absolute Gasteiger partial charge is 0.221 e. The van der Waals surface area contributed by atoms with Crippen molar-refractivity contribution in [3.8, 4) is 0 Å². The molecule has 6 nitrogen and oxygen atoms in total. The Morgan fingerprint density at radius 1 is 1.44 bits per heavy atom. The first-order chi connectivity index (χ1) is 12.2. The van der Waals surface area contributed by atoms with Crippen LogP contribution in [0.5, 0.6) is 0 Å². The summed E-state index contributed by atoms with van der Waals surface area (Å²) in [6.07, 6.45) is 5.71. The molecule has 0 aliphatic heterocycles. The molecule has 4 N–H and O–H groups in total. The van der Waals surface area contributed by atoms with Crippen molar-refractivity contribution in [2.24, 2.45) is 17.4 Å². The van der Waals surface area contributed by atoms with Crippen LogP contribution in [0.2, 0.25) is 0 Å². The van der Waals surface area contributed by atoms with Gasteiger partial charge in [-0.25, -0.2) is 9.97 Å². The number of hydrogen-bond donors (Lipinski definition) is 2. The van der Waals surface area contributed by atoms with E-state index in [0.29, 0.717) is 18.1 Å². The van der Waals surface area contributed by atoms with E-state index in [1.54, 1.807) is 35.5 Å². The van der Waals surface area contributed by atoms with Crippen molar-refractivity contribution < 1.29 is 9.21 Å². The monoisotopic (exact) mass is 430 g/mol. The maximum Gasteiger partial charge on any atom is 0.221 e.